The maximum atomic E-state index is 14.7. The van der Waals surface area contributed by atoms with Gasteiger partial charge >= 0.3 is 18.5 Å². The number of halogens is 10. The summed E-state index contributed by atoms with van der Waals surface area (Å²) in [5.74, 6) is -3.44. The van der Waals surface area contributed by atoms with E-state index in [0.717, 1.165) is 23.1 Å². The molecule has 0 radical (unpaired) electrons. The second-order valence-electron chi connectivity index (χ2n) is 9.63. The minimum absolute atomic E-state index is 0.00838. The summed E-state index contributed by atoms with van der Waals surface area (Å²) >= 11 is 0. The fourth-order valence-corrected chi connectivity index (χ4v) is 4.43. The van der Waals surface area contributed by atoms with Crippen molar-refractivity contribution in [2.24, 2.45) is 0 Å². The van der Waals surface area contributed by atoms with Crippen LogP contribution in [0.3, 0.4) is 0 Å². The topological polar surface area (TPSA) is 139 Å². The molecule has 234 valence electrons. The number of rotatable bonds is 5. The Morgan fingerprint density at radius 1 is 1.05 bits per heavy atom. The van der Waals surface area contributed by atoms with Crippen LogP contribution >= 0.6 is 0 Å². The first-order valence-corrected chi connectivity index (χ1v) is 11.9. The monoisotopic (exact) mass is 631 g/mol. The Morgan fingerprint density at radius 3 is 2.26 bits per heavy atom. The van der Waals surface area contributed by atoms with E-state index in [9.17, 15) is 58.6 Å². The molecule has 0 spiro atoms. The lowest BCUT2D eigenvalue weighted by Gasteiger charge is -2.32. The zero-order valence-corrected chi connectivity index (χ0v) is 21.4. The number of aliphatic hydroxyl groups is 1. The molecule has 4 heterocycles. The number of alkyl halides is 10. The maximum absolute atomic E-state index is 14.7. The fourth-order valence-electron chi connectivity index (χ4n) is 4.43. The summed E-state index contributed by atoms with van der Waals surface area (Å²) < 4.78 is 134. The normalized spacial score (nSPS) is 18.4. The number of carbonyl (C=O) groups excluding carboxylic acids is 2. The number of fused-ring (bicyclic) bond motifs is 1. The van der Waals surface area contributed by atoms with Gasteiger partial charge < -0.3 is 21.1 Å². The molecule has 4 rings (SSSR count). The van der Waals surface area contributed by atoms with E-state index in [1.807, 2.05) is 0 Å². The Hall–Kier alpha value is -4.23. The number of nitrogens with one attached hydrogen (secondary N) is 1. The Labute approximate surface area is 233 Å². The van der Waals surface area contributed by atoms with Crippen molar-refractivity contribution < 1.29 is 58.6 Å². The minimum atomic E-state index is -6.27. The standard InChI is InChI=1S/C23H19F10N7O3/c1-9-11(2-10(5-35-9)15-3-12(21(25,26)27)17-18(34)36-8-37-40(15)17)19(42)38-14-7-39(6-13(14)24)16(41)4-20(43,22(28,29)30)23(31,32)33/h2-3,5,8,13-14,43H,4,6-7H2,1H3,(H,38,42)(H2,34,36,37)/t13-,14+/m0/s1. The van der Waals surface area contributed by atoms with Crippen LogP contribution < -0.4 is 11.1 Å². The van der Waals surface area contributed by atoms with Crippen molar-refractivity contribution in [1.82, 2.24) is 29.8 Å². The second-order valence-corrected chi connectivity index (χ2v) is 9.63. The average Bonchev–Trinajstić information content (AvgIpc) is 3.45. The molecule has 3 aromatic heterocycles. The van der Waals surface area contributed by atoms with Crippen LogP contribution in [0.2, 0.25) is 0 Å². The molecular formula is C23H19F10N7O3. The van der Waals surface area contributed by atoms with Gasteiger partial charge in [0.25, 0.3) is 11.5 Å². The van der Waals surface area contributed by atoms with E-state index in [1.165, 1.54) is 6.92 Å². The number of nitrogen functional groups attached to an aromatic ring is 1. The predicted octanol–water partition coefficient (Wildman–Crippen LogP) is 3.23. The minimum Gasteiger partial charge on any atom is -0.382 e. The highest BCUT2D eigenvalue weighted by atomic mass is 19.4. The summed E-state index contributed by atoms with van der Waals surface area (Å²) in [5.41, 5.74) is -2.09. The average molecular weight is 631 g/mol. The zero-order valence-electron chi connectivity index (χ0n) is 21.4. The fraction of sp³-hybridized carbons (Fsp3) is 0.435. The Kier molecular flexibility index (Phi) is 7.73. The van der Waals surface area contributed by atoms with Crippen LogP contribution in [0.1, 0.15) is 28.0 Å². The molecule has 0 aromatic carbocycles. The zero-order chi connectivity index (χ0) is 32.3. The number of likely N-dealkylation sites (tertiary alicyclic amines) is 1. The molecule has 10 nitrogen and oxygen atoms in total. The summed E-state index contributed by atoms with van der Waals surface area (Å²) in [6.45, 7) is -0.523. The van der Waals surface area contributed by atoms with Gasteiger partial charge in [-0.05, 0) is 19.1 Å². The molecule has 4 N–H and O–H groups in total. The molecule has 0 unspecified atom stereocenters. The lowest BCUT2D eigenvalue weighted by atomic mass is 9.97. The van der Waals surface area contributed by atoms with Crippen LogP contribution in [0.25, 0.3) is 16.8 Å². The first-order valence-electron chi connectivity index (χ1n) is 11.9. The van der Waals surface area contributed by atoms with E-state index in [4.69, 9.17) is 5.73 Å². The van der Waals surface area contributed by atoms with Crippen molar-refractivity contribution in [1.29, 1.82) is 0 Å². The van der Waals surface area contributed by atoms with Gasteiger partial charge in [-0.1, -0.05) is 0 Å². The Morgan fingerprint density at radius 2 is 1.67 bits per heavy atom. The van der Waals surface area contributed by atoms with Gasteiger partial charge in [0, 0.05) is 18.3 Å². The molecule has 1 fully saturated rings. The molecule has 43 heavy (non-hydrogen) atoms. The van der Waals surface area contributed by atoms with Crippen LogP contribution in [0.5, 0.6) is 0 Å². The van der Waals surface area contributed by atoms with Gasteiger partial charge in [0.15, 0.2) is 5.82 Å². The van der Waals surface area contributed by atoms with Gasteiger partial charge in [-0.15, -0.1) is 0 Å². The number of pyridine rings is 1. The van der Waals surface area contributed by atoms with Gasteiger partial charge in [-0.2, -0.15) is 44.6 Å². The molecular weight excluding hydrogens is 612 g/mol. The van der Waals surface area contributed by atoms with Crippen molar-refractivity contribution in [3.05, 3.63) is 41.5 Å². The maximum Gasteiger partial charge on any atom is 0.426 e. The molecule has 2 amide bonds. The highest BCUT2D eigenvalue weighted by Crippen LogP contribution is 2.45. The molecule has 2 atom stereocenters. The first kappa shape index (κ1) is 31.7. The van der Waals surface area contributed by atoms with E-state index in [2.05, 4.69) is 20.4 Å². The summed E-state index contributed by atoms with van der Waals surface area (Å²) in [6, 6.07) is 0.175. The molecule has 20 heteroatoms. The number of carbonyl (C=O) groups is 2. The van der Waals surface area contributed by atoms with E-state index in [0.29, 0.717) is 6.07 Å². The van der Waals surface area contributed by atoms with Crippen LogP contribution in [0.4, 0.5) is 49.7 Å². The van der Waals surface area contributed by atoms with Gasteiger partial charge in [0.2, 0.25) is 5.91 Å². The van der Waals surface area contributed by atoms with Gasteiger partial charge in [-0.25, -0.2) is 13.9 Å². The number of hydrogen-bond acceptors (Lipinski definition) is 7. The lowest BCUT2D eigenvalue weighted by molar-refractivity contribution is -0.367. The summed E-state index contributed by atoms with van der Waals surface area (Å²) in [4.78, 5) is 33.1. The second kappa shape index (κ2) is 10.5. The molecule has 0 bridgehead atoms. The molecule has 1 saturated heterocycles. The first-order chi connectivity index (χ1) is 19.7. The smallest absolute Gasteiger partial charge is 0.382 e. The van der Waals surface area contributed by atoms with Gasteiger partial charge in [-0.3, -0.25) is 14.6 Å². The third kappa shape index (κ3) is 5.74. The number of aryl methyl sites for hydroxylation is 1. The van der Waals surface area contributed by atoms with Crippen molar-refractivity contribution in [3.63, 3.8) is 0 Å². The lowest BCUT2D eigenvalue weighted by Crippen LogP contribution is -2.59. The highest BCUT2D eigenvalue weighted by molar-refractivity contribution is 5.97. The summed E-state index contributed by atoms with van der Waals surface area (Å²) in [7, 11) is 0. The summed E-state index contributed by atoms with van der Waals surface area (Å²) in [5, 5.41) is 15.2. The molecule has 0 saturated carbocycles. The molecule has 3 aromatic rings. The number of nitrogens with zero attached hydrogens (tertiary/aromatic N) is 5. The number of hydrogen-bond donors (Lipinski definition) is 3. The SMILES string of the molecule is Cc1ncc(-c2cc(C(F)(F)F)c3c(N)ncnn23)cc1C(=O)N[C@@H]1CN(C(=O)CC(O)(C(F)(F)F)C(F)(F)F)C[C@@H]1F. The van der Waals surface area contributed by atoms with Crippen molar-refractivity contribution >= 4 is 23.1 Å². The number of nitrogens with two attached hydrogens (primary N) is 1. The molecule has 1 aliphatic rings. The number of amides is 2. The van der Waals surface area contributed by atoms with Crippen molar-refractivity contribution in [3.8, 4) is 11.3 Å². The number of aromatic nitrogens is 4. The van der Waals surface area contributed by atoms with Crippen molar-refractivity contribution in [2.45, 2.75) is 49.7 Å². The quantitative estimate of drug-likeness (QED) is 0.368. The Balaban J connectivity index is 1.57. The highest BCUT2D eigenvalue weighted by Gasteiger charge is 2.71. The molecule has 1 aliphatic heterocycles. The number of anilines is 1. The van der Waals surface area contributed by atoms with Gasteiger partial charge in [0.05, 0.1) is 41.5 Å². The molecule has 0 aliphatic carbocycles. The predicted molar refractivity (Wildman–Crippen MR) is 125 cm³/mol. The van der Waals surface area contributed by atoms with Crippen molar-refractivity contribution in [2.75, 3.05) is 18.8 Å². The van der Waals surface area contributed by atoms with E-state index >= 15 is 0 Å². The van der Waals surface area contributed by atoms with Crippen LogP contribution in [-0.4, -0.2) is 84.7 Å². The third-order valence-corrected chi connectivity index (χ3v) is 6.78. The van der Waals surface area contributed by atoms with E-state index < -0.39 is 84.6 Å². The van der Waals surface area contributed by atoms with Crippen LogP contribution in [-0.2, 0) is 11.0 Å². The van der Waals surface area contributed by atoms with Crippen LogP contribution in [0.15, 0.2) is 24.7 Å². The van der Waals surface area contributed by atoms with Crippen LogP contribution in [0, 0.1) is 6.92 Å². The van der Waals surface area contributed by atoms with Gasteiger partial charge in [0.1, 0.15) is 18.0 Å². The van der Waals surface area contributed by atoms with E-state index in [-0.39, 0.29) is 27.4 Å². The Bertz CT molecular complexity index is 1550. The van der Waals surface area contributed by atoms with E-state index in [1.54, 1.807) is 0 Å². The largest absolute Gasteiger partial charge is 0.426 e. The third-order valence-electron chi connectivity index (χ3n) is 6.78. The summed E-state index contributed by atoms with van der Waals surface area (Å²) in [6.07, 6.45) is -20.0.